The first-order valence-electron chi connectivity index (χ1n) is 6.38. The lowest BCUT2D eigenvalue weighted by Crippen LogP contribution is -2.43. The summed E-state index contributed by atoms with van der Waals surface area (Å²) < 4.78 is 12.0. The molecule has 106 valence electrons. The van der Waals surface area contributed by atoms with Gasteiger partial charge in [0.05, 0.1) is 44.2 Å². The summed E-state index contributed by atoms with van der Waals surface area (Å²) in [4.78, 5) is 12.4. The molecule has 7 nitrogen and oxygen atoms in total. The minimum atomic E-state index is -0.0633. The molecular weight excluding hydrogens is 248 g/mol. The van der Waals surface area contributed by atoms with E-state index in [1.54, 1.807) is 23.0 Å². The van der Waals surface area contributed by atoms with Gasteiger partial charge in [-0.25, -0.2) is 5.43 Å². The lowest BCUT2D eigenvalue weighted by atomic mass is 10.2. The Kier molecular flexibility index (Phi) is 4.89. The molecule has 1 aliphatic heterocycles. The van der Waals surface area contributed by atoms with Crippen molar-refractivity contribution in [3.8, 4) is 0 Å². The Morgan fingerprint density at radius 2 is 2.42 bits per heavy atom. The predicted molar refractivity (Wildman–Crippen MR) is 68.7 cm³/mol. The summed E-state index contributed by atoms with van der Waals surface area (Å²) in [7, 11) is 1.64. The highest BCUT2D eigenvalue weighted by molar-refractivity contribution is 5.94. The number of methoxy groups -OCH3 is 1. The third-order valence-electron chi connectivity index (χ3n) is 2.95. The second-order valence-electron chi connectivity index (χ2n) is 4.36. The maximum atomic E-state index is 12.4. The Labute approximate surface area is 112 Å². The number of carbonyl (C=O) groups excluding carboxylic acids is 1. The average molecular weight is 268 g/mol. The maximum absolute atomic E-state index is 12.4. The first-order valence-corrected chi connectivity index (χ1v) is 6.38. The first-order chi connectivity index (χ1) is 9.22. The van der Waals surface area contributed by atoms with Gasteiger partial charge in [0, 0.05) is 19.9 Å². The Balaban J connectivity index is 2.07. The van der Waals surface area contributed by atoms with E-state index in [9.17, 15) is 4.79 Å². The molecule has 7 heteroatoms. The standard InChI is InChI=1S/C12H20N4O3/c1-10-11(9-15(14-10)4-7-18-2)12(17)16-5-8-19-6-3-13-16/h9,13H,3-8H2,1-2H3. The van der Waals surface area contributed by atoms with Crippen molar-refractivity contribution in [2.24, 2.45) is 0 Å². The van der Waals surface area contributed by atoms with Gasteiger partial charge in [-0.2, -0.15) is 5.10 Å². The summed E-state index contributed by atoms with van der Waals surface area (Å²) in [5.41, 5.74) is 4.40. The van der Waals surface area contributed by atoms with Crippen molar-refractivity contribution in [1.82, 2.24) is 20.2 Å². The number of nitrogens with one attached hydrogen (secondary N) is 1. The van der Waals surface area contributed by atoms with Gasteiger partial charge in [-0.1, -0.05) is 0 Å². The van der Waals surface area contributed by atoms with Crippen molar-refractivity contribution in [3.05, 3.63) is 17.5 Å². The molecule has 1 fully saturated rings. The largest absolute Gasteiger partial charge is 0.383 e. The fourth-order valence-corrected chi connectivity index (χ4v) is 1.94. The Morgan fingerprint density at radius 1 is 1.58 bits per heavy atom. The molecule has 0 aromatic carbocycles. The minimum absolute atomic E-state index is 0.0633. The SMILES string of the molecule is COCCn1cc(C(=O)N2CCOCCN2)c(C)n1. The van der Waals surface area contributed by atoms with Crippen molar-refractivity contribution in [3.63, 3.8) is 0 Å². The highest BCUT2D eigenvalue weighted by Gasteiger charge is 2.21. The lowest BCUT2D eigenvalue weighted by Gasteiger charge is -2.19. The molecule has 0 spiro atoms. The summed E-state index contributed by atoms with van der Waals surface area (Å²) in [6.07, 6.45) is 1.77. The Morgan fingerprint density at radius 3 is 3.21 bits per heavy atom. The topological polar surface area (TPSA) is 68.6 Å². The number of carbonyl (C=O) groups is 1. The van der Waals surface area contributed by atoms with E-state index in [0.29, 0.717) is 45.0 Å². The fraction of sp³-hybridized carbons (Fsp3) is 0.667. The maximum Gasteiger partial charge on any atom is 0.271 e. The van der Waals surface area contributed by atoms with Crippen molar-refractivity contribution in [2.75, 3.05) is 40.0 Å². The van der Waals surface area contributed by atoms with E-state index >= 15 is 0 Å². The highest BCUT2D eigenvalue weighted by atomic mass is 16.5. The fourth-order valence-electron chi connectivity index (χ4n) is 1.94. The van der Waals surface area contributed by atoms with E-state index < -0.39 is 0 Å². The van der Waals surface area contributed by atoms with Gasteiger partial charge in [-0.05, 0) is 6.92 Å². The van der Waals surface area contributed by atoms with Crippen LogP contribution in [0, 0.1) is 6.92 Å². The van der Waals surface area contributed by atoms with E-state index in [1.165, 1.54) is 0 Å². The van der Waals surface area contributed by atoms with Crippen LogP contribution in [-0.2, 0) is 16.0 Å². The molecule has 2 rings (SSSR count). The van der Waals surface area contributed by atoms with Crippen molar-refractivity contribution in [1.29, 1.82) is 0 Å². The molecule has 0 radical (unpaired) electrons. The normalized spacial score (nSPS) is 16.4. The van der Waals surface area contributed by atoms with Crippen LogP contribution in [0.4, 0.5) is 0 Å². The lowest BCUT2D eigenvalue weighted by molar-refractivity contribution is 0.0659. The summed E-state index contributed by atoms with van der Waals surface area (Å²) in [6, 6.07) is 0. The van der Waals surface area contributed by atoms with Crippen LogP contribution < -0.4 is 5.43 Å². The van der Waals surface area contributed by atoms with Crippen molar-refractivity contribution >= 4 is 5.91 Å². The second-order valence-corrected chi connectivity index (χ2v) is 4.36. The zero-order chi connectivity index (χ0) is 13.7. The van der Waals surface area contributed by atoms with E-state index in [1.807, 2.05) is 6.92 Å². The molecule has 1 aromatic heterocycles. The van der Waals surface area contributed by atoms with Gasteiger partial charge in [0.2, 0.25) is 0 Å². The molecule has 0 bridgehead atoms. The van der Waals surface area contributed by atoms with Crippen molar-refractivity contribution in [2.45, 2.75) is 13.5 Å². The molecular formula is C12H20N4O3. The van der Waals surface area contributed by atoms with E-state index in [2.05, 4.69) is 10.5 Å². The van der Waals surface area contributed by atoms with Gasteiger partial charge in [0.15, 0.2) is 0 Å². The smallest absolute Gasteiger partial charge is 0.271 e. The number of ether oxygens (including phenoxy) is 2. The molecule has 2 heterocycles. The van der Waals surface area contributed by atoms with Crippen LogP contribution in [0.3, 0.4) is 0 Å². The molecule has 19 heavy (non-hydrogen) atoms. The molecule has 0 aliphatic carbocycles. The van der Waals surface area contributed by atoms with Crippen LogP contribution in [-0.4, -0.2) is 60.7 Å². The van der Waals surface area contributed by atoms with Gasteiger partial charge in [0.25, 0.3) is 5.91 Å². The molecule has 1 saturated heterocycles. The van der Waals surface area contributed by atoms with Gasteiger partial charge in [-0.3, -0.25) is 14.5 Å². The molecule has 1 amide bonds. The van der Waals surface area contributed by atoms with E-state index in [4.69, 9.17) is 9.47 Å². The van der Waals surface area contributed by atoms with Crippen LogP contribution in [0.25, 0.3) is 0 Å². The molecule has 1 N–H and O–H groups in total. The van der Waals surface area contributed by atoms with Crippen LogP contribution >= 0.6 is 0 Å². The Bertz CT molecular complexity index is 425. The number of aromatic nitrogens is 2. The second kappa shape index (κ2) is 6.65. The summed E-state index contributed by atoms with van der Waals surface area (Å²) in [5, 5.41) is 5.91. The summed E-state index contributed by atoms with van der Waals surface area (Å²) in [5.74, 6) is -0.0633. The number of hydrogen-bond acceptors (Lipinski definition) is 5. The number of aryl methyl sites for hydroxylation is 1. The molecule has 0 atom stereocenters. The average Bonchev–Trinajstić information content (AvgIpc) is 2.64. The monoisotopic (exact) mass is 268 g/mol. The molecule has 0 saturated carbocycles. The number of rotatable bonds is 4. The zero-order valence-corrected chi connectivity index (χ0v) is 11.4. The minimum Gasteiger partial charge on any atom is -0.383 e. The van der Waals surface area contributed by atoms with Crippen LogP contribution in [0.2, 0.25) is 0 Å². The molecule has 1 aliphatic rings. The highest BCUT2D eigenvalue weighted by Crippen LogP contribution is 2.09. The number of hydrogen-bond donors (Lipinski definition) is 1. The summed E-state index contributed by atoms with van der Waals surface area (Å²) in [6.45, 7) is 5.41. The van der Waals surface area contributed by atoms with Gasteiger partial charge < -0.3 is 9.47 Å². The van der Waals surface area contributed by atoms with Crippen LogP contribution in [0.1, 0.15) is 16.1 Å². The molecule has 1 aromatic rings. The van der Waals surface area contributed by atoms with Crippen molar-refractivity contribution < 1.29 is 14.3 Å². The number of hydrazine groups is 1. The van der Waals surface area contributed by atoms with E-state index in [-0.39, 0.29) is 5.91 Å². The quantitative estimate of drug-likeness (QED) is 0.820. The third kappa shape index (κ3) is 3.52. The van der Waals surface area contributed by atoms with Crippen LogP contribution in [0.5, 0.6) is 0 Å². The van der Waals surface area contributed by atoms with Crippen LogP contribution in [0.15, 0.2) is 6.20 Å². The van der Waals surface area contributed by atoms with E-state index in [0.717, 1.165) is 5.69 Å². The summed E-state index contributed by atoms with van der Waals surface area (Å²) >= 11 is 0. The number of nitrogens with zero attached hydrogens (tertiary/aromatic N) is 3. The predicted octanol–water partition coefficient (Wildman–Crippen LogP) is -0.185. The first kappa shape index (κ1) is 14.0. The Hall–Kier alpha value is -1.44. The zero-order valence-electron chi connectivity index (χ0n) is 11.4. The number of amides is 1. The molecule has 0 unspecified atom stereocenters. The van der Waals surface area contributed by atoms with Gasteiger partial charge in [-0.15, -0.1) is 0 Å². The third-order valence-corrected chi connectivity index (χ3v) is 2.95. The van der Waals surface area contributed by atoms with Gasteiger partial charge in [0.1, 0.15) is 0 Å². The van der Waals surface area contributed by atoms with Gasteiger partial charge >= 0.3 is 0 Å².